The number of rotatable bonds is 7. The SMILES string of the molecule is Cc1ccsc1CN1CCc2nnc(C(C)NC(=O)CCc3ccccc3)n2CC1. The first kappa shape index (κ1) is 20.8. The fraction of sp³-hybridized carbons (Fsp3) is 0.435. The largest absolute Gasteiger partial charge is 0.346 e. The summed E-state index contributed by atoms with van der Waals surface area (Å²) in [6.07, 6.45) is 2.10. The molecule has 0 fully saturated rings. The minimum absolute atomic E-state index is 0.0483. The summed E-state index contributed by atoms with van der Waals surface area (Å²) in [5.74, 6) is 1.92. The van der Waals surface area contributed by atoms with Gasteiger partial charge in [-0.05, 0) is 42.8 Å². The molecule has 1 amide bonds. The molecule has 0 spiro atoms. The monoisotopic (exact) mass is 423 g/mol. The lowest BCUT2D eigenvalue weighted by Crippen LogP contribution is -2.30. The van der Waals surface area contributed by atoms with Gasteiger partial charge >= 0.3 is 0 Å². The molecule has 6 nitrogen and oxygen atoms in total. The van der Waals surface area contributed by atoms with E-state index in [1.807, 2.05) is 36.5 Å². The molecule has 0 saturated heterocycles. The quantitative estimate of drug-likeness (QED) is 0.632. The van der Waals surface area contributed by atoms with Crippen LogP contribution in [-0.4, -0.2) is 38.7 Å². The molecular formula is C23H29N5OS. The number of carbonyl (C=O) groups is 1. The van der Waals surface area contributed by atoms with Crippen molar-refractivity contribution < 1.29 is 4.79 Å². The number of hydrogen-bond acceptors (Lipinski definition) is 5. The lowest BCUT2D eigenvalue weighted by atomic mass is 10.1. The number of thiophene rings is 1. The highest BCUT2D eigenvalue weighted by Crippen LogP contribution is 2.20. The highest BCUT2D eigenvalue weighted by Gasteiger charge is 2.23. The molecule has 2 aromatic heterocycles. The number of nitrogens with one attached hydrogen (secondary N) is 1. The van der Waals surface area contributed by atoms with Gasteiger partial charge in [-0.25, -0.2) is 0 Å². The van der Waals surface area contributed by atoms with Gasteiger partial charge in [0.05, 0.1) is 6.04 Å². The smallest absolute Gasteiger partial charge is 0.220 e. The Labute approximate surface area is 181 Å². The predicted octanol–water partition coefficient (Wildman–Crippen LogP) is 3.52. The third-order valence-corrected chi connectivity index (χ3v) is 6.74. The van der Waals surface area contributed by atoms with Crippen LogP contribution >= 0.6 is 11.3 Å². The van der Waals surface area contributed by atoms with Crippen molar-refractivity contribution in [1.82, 2.24) is 25.0 Å². The second kappa shape index (κ2) is 9.53. The van der Waals surface area contributed by atoms with Crippen molar-refractivity contribution >= 4 is 17.2 Å². The van der Waals surface area contributed by atoms with Crippen LogP contribution in [-0.2, 0) is 30.7 Å². The average molecular weight is 424 g/mol. The molecule has 0 bridgehead atoms. The first-order valence-electron chi connectivity index (χ1n) is 10.6. The standard InChI is InChI=1S/C23H29N5OS/c1-17-11-15-30-20(17)16-27-12-10-21-25-26-23(28(21)14-13-27)18(2)24-22(29)9-8-19-6-4-3-5-7-19/h3-7,11,15,18H,8-10,12-14,16H2,1-2H3,(H,24,29). The van der Waals surface area contributed by atoms with E-state index in [9.17, 15) is 4.79 Å². The molecule has 4 rings (SSSR count). The van der Waals surface area contributed by atoms with Crippen molar-refractivity contribution in [2.75, 3.05) is 13.1 Å². The number of fused-ring (bicyclic) bond motifs is 1. The molecule has 0 aliphatic carbocycles. The van der Waals surface area contributed by atoms with Gasteiger partial charge in [0.25, 0.3) is 0 Å². The molecule has 7 heteroatoms. The maximum absolute atomic E-state index is 12.4. The van der Waals surface area contributed by atoms with Crippen molar-refractivity contribution in [3.63, 3.8) is 0 Å². The van der Waals surface area contributed by atoms with Gasteiger partial charge in [0.2, 0.25) is 5.91 Å². The molecule has 0 saturated carbocycles. The summed E-state index contributed by atoms with van der Waals surface area (Å²) in [7, 11) is 0. The van der Waals surface area contributed by atoms with E-state index in [0.29, 0.717) is 6.42 Å². The fourth-order valence-corrected chi connectivity index (χ4v) is 4.86. The van der Waals surface area contributed by atoms with Gasteiger partial charge in [0.1, 0.15) is 5.82 Å². The first-order valence-corrected chi connectivity index (χ1v) is 11.5. The van der Waals surface area contributed by atoms with Crippen LogP contribution in [0.25, 0.3) is 0 Å². The van der Waals surface area contributed by atoms with Gasteiger partial charge in [-0.3, -0.25) is 9.69 Å². The second-order valence-electron chi connectivity index (χ2n) is 7.95. The number of benzene rings is 1. The Kier molecular flexibility index (Phi) is 6.59. The molecule has 3 aromatic rings. The van der Waals surface area contributed by atoms with Crippen LogP contribution in [0.3, 0.4) is 0 Å². The van der Waals surface area contributed by atoms with Crippen molar-refractivity contribution in [2.24, 2.45) is 0 Å². The van der Waals surface area contributed by atoms with E-state index in [-0.39, 0.29) is 11.9 Å². The molecule has 1 unspecified atom stereocenters. The third-order valence-electron chi connectivity index (χ3n) is 5.73. The van der Waals surface area contributed by atoms with Gasteiger partial charge in [-0.1, -0.05) is 30.3 Å². The molecule has 1 atom stereocenters. The van der Waals surface area contributed by atoms with Crippen LogP contribution in [0.4, 0.5) is 0 Å². The number of amides is 1. The molecule has 0 radical (unpaired) electrons. The normalized spacial score (nSPS) is 15.4. The zero-order valence-corrected chi connectivity index (χ0v) is 18.5. The molecule has 158 valence electrons. The highest BCUT2D eigenvalue weighted by atomic mass is 32.1. The van der Waals surface area contributed by atoms with Crippen LogP contribution in [0, 0.1) is 6.92 Å². The Morgan fingerprint density at radius 2 is 2.00 bits per heavy atom. The summed E-state index contributed by atoms with van der Waals surface area (Å²) in [5, 5.41) is 14.1. The zero-order chi connectivity index (χ0) is 20.9. The summed E-state index contributed by atoms with van der Waals surface area (Å²) in [6, 6.07) is 12.1. The average Bonchev–Trinajstić information content (AvgIpc) is 3.29. The van der Waals surface area contributed by atoms with Crippen LogP contribution in [0.5, 0.6) is 0 Å². The summed E-state index contributed by atoms with van der Waals surface area (Å²) in [5.41, 5.74) is 2.55. The fourth-order valence-electron chi connectivity index (χ4n) is 3.92. The van der Waals surface area contributed by atoms with Crippen molar-refractivity contribution in [2.45, 2.75) is 52.2 Å². The number of aryl methyl sites for hydroxylation is 2. The number of carbonyl (C=O) groups excluding carboxylic acids is 1. The zero-order valence-electron chi connectivity index (χ0n) is 17.7. The van der Waals surface area contributed by atoms with E-state index < -0.39 is 0 Å². The molecule has 1 N–H and O–H groups in total. The summed E-state index contributed by atoms with van der Waals surface area (Å²) < 4.78 is 2.20. The highest BCUT2D eigenvalue weighted by molar-refractivity contribution is 7.10. The van der Waals surface area contributed by atoms with Crippen LogP contribution in [0.2, 0.25) is 0 Å². The van der Waals surface area contributed by atoms with Gasteiger partial charge in [-0.15, -0.1) is 21.5 Å². The van der Waals surface area contributed by atoms with Gasteiger partial charge in [0.15, 0.2) is 5.82 Å². The Balaban J connectivity index is 1.34. The summed E-state index contributed by atoms with van der Waals surface area (Å²) >= 11 is 1.83. The predicted molar refractivity (Wildman–Crippen MR) is 119 cm³/mol. The number of nitrogens with zero attached hydrogens (tertiary/aromatic N) is 4. The van der Waals surface area contributed by atoms with E-state index in [1.165, 1.54) is 16.0 Å². The number of hydrogen-bond donors (Lipinski definition) is 1. The van der Waals surface area contributed by atoms with Gasteiger partial charge in [-0.2, -0.15) is 0 Å². The van der Waals surface area contributed by atoms with Crippen molar-refractivity contribution in [1.29, 1.82) is 0 Å². The van der Waals surface area contributed by atoms with E-state index in [0.717, 1.165) is 50.7 Å². The van der Waals surface area contributed by atoms with Crippen molar-refractivity contribution in [3.8, 4) is 0 Å². The first-order chi connectivity index (χ1) is 14.6. The second-order valence-corrected chi connectivity index (χ2v) is 8.95. The van der Waals surface area contributed by atoms with Crippen LogP contribution in [0.1, 0.15) is 47.0 Å². The molecule has 1 aliphatic heterocycles. The van der Waals surface area contributed by atoms with E-state index >= 15 is 0 Å². The topological polar surface area (TPSA) is 63.1 Å². The molecule has 3 heterocycles. The molecule has 1 aliphatic rings. The minimum atomic E-state index is -0.152. The Morgan fingerprint density at radius 3 is 2.77 bits per heavy atom. The molecule has 30 heavy (non-hydrogen) atoms. The third kappa shape index (κ3) is 4.96. The Hall–Kier alpha value is -2.51. The van der Waals surface area contributed by atoms with E-state index in [2.05, 4.69) is 55.5 Å². The Morgan fingerprint density at radius 1 is 1.17 bits per heavy atom. The van der Waals surface area contributed by atoms with Crippen molar-refractivity contribution in [3.05, 3.63) is 69.4 Å². The van der Waals surface area contributed by atoms with Crippen LogP contribution < -0.4 is 5.32 Å². The maximum Gasteiger partial charge on any atom is 0.220 e. The van der Waals surface area contributed by atoms with E-state index in [4.69, 9.17) is 0 Å². The lowest BCUT2D eigenvalue weighted by molar-refractivity contribution is -0.121. The summed E-state index contributed by atoms with van der Waals surface area (Å²) in [6.45, 7) is 7.96. The van der Waals surface area contributed by atoms with Gasteiger partial charge in [0, 0.05) is 43.9 Å². The molecular weight excluding hydrogens is 394 g/mol. The van der Waals surface area contributed by atoms with E-state index in [1.54, 1.807) is 0 Å². The van der Waals surface area contributed by atoms with Gasteiger partial charge < -0.3 is 9.88 Å². The number of aromatic nitrogens is 3. The lowest BCUT2D eigenvalue weighted by Gasteiger charge is -2.20. The Bertz CT molecular complexity index is 981. The van der Waals surface area contributed by atoms with Crippen LogP contribution in [0.15, 0.2) is 41.8 Å². The maximum atomic E-state index is 12.4. The molecule has 1 aromatic carbocycles. The minimum Gasteiger partial charge on any atom is -0.346 e. The summed E-state index contributed by atoms with van der Waals surface area (Å²) in [4.78, 5) is 16.4.